The predicted molar refractivity (Wildman–Crippen MR) is 89.1 cm³/mol. The van der Waals surface area contributed by atoms with E-state index in [1.807, 2.05) is 4.90 Å². The SMILES string of the molecule is NC(=O)c1ccc(C(=O)N2CCCC2Cc2ccc(F)cc2)cc1. The van der Waals surface area contributed by atoms with E-state index in [9.17, 15) is 14.0 Å². The molecule has 0 aromatic heterocycles. The lowest BCUT2D eigenvalue weighted by molar-refractivity contribution is 0.0736. The first-order chi connectivity index (χ1) is 11.5. The van der Waals surface area contributed by atoms with Gasteiger partial charge in [0, 0.05) is 23.7 Å². The number of halogens is 1. The van der Waals surface area contributed by atoms with Crippen molar-refractivity contribution in [2.24, 2.45) is 5.73 Å². The molecule has 3 rings (SSSR count). The maximum absolute atomic E-state index is 13.0. The molecule has 124 valence electrons. The molecule has 2 N–H and O–H groups in total. The highest BCUT2D eigenvalue weighted by molar-refractivity contribution is 5.97. The van der Waals surface area contributed by atoms with E-state index < -0.39 is 5.91 Å². The number of benzene rings is 2. The zero-order valence-corrected chi connectivity index (χ0v) is 13.2. The standard InChI is InChI=1S/C19H19FN2O2/c20-16-9-3-13(4-10-16)12-17-2-1-11-22(17)19(24)15-7-5-14(6-8-15)18(21)23/h3-10,17H,1-2,11-12H2,(H2,21,23). The van der Waals surface area contributed by atoms with Crippen LogP contribution in [-0.4, -0.2) is 29.3 Å². The fourth-order valence-electron chi connectivity index (χ4n) is 3.15. The second-order valence-corrected chi connectivity index (χ2v) is 6.07. The van der Waals surface area contributed by atoms with Gasteiger partial charge in [0.2, 0.25) is 5.91 Å². The molecule has 0 saturated carbocycles. The number of likely N-dealkylation sites (tertiary alicyclic amines) is 1. The molecular weight excluding hydrogens is 307 g/mol. The van der Waals surface area contributed by atoms with E-state index in [1.54, 1.807) is 36.4 Å². The fourth-order valence-corrected chi connectivity index (χ4v) is 3.15. The molecule has 0 radical (unpaired) electrons. The summed E-state index contributed by atoms with van der Waals surface area (Å²) in [5.74, 6) is -0.812. The molecular formula is C19H19FN2O2. The van der Waals surface area contributed by atoms with Gasteiger partial charge < -0.3 is 10.6 Å². The molecule has 0 bridgehead atoms. The quantitative estimate of drug-likeness (QED) is 0.939. The lowest BCUT2D eigenvalue weighted by Gasteiger charge is -2.25. The van der Waals surface area contributed by atoms with Crippen LogP contribution in [0.3, 0.4) is 0 Å². The van der Waals surface area contributed by atoms with E-state index in [1.165, 1.54) is 12.1 Å². The van der Waals surface area contributed by atoms with E-state index in [0.717, 1.165) is 18.4 Å². The first-order valence-electron chi connectivity index (χ1n) is 8.00. The third kappa shape index (κ3) is 3.45. The highest BCUT2D eigenvalue weighted by atomic mass is 19.1. The number of hydrogen-bond acceptors (Lipinski definition) is 2. The van der Waals surface area contributed by atoms with Crippen molar-refractivity contribution in [1.29, 1.82) is 0 Å². The van der Waals surface area contributed by atoms with Crippen LogP contribution in [0.2, 0.25) is 0 Å². The summed E-state index contributed by atoms with van der Waals surface area (Å²) >= 11 is 0. The molecule has 0 aliphatic carbocycles. The summed E-state index contributed by atoms with van der Waals surface area (Å²) in [5, 5.41) is 0. The Morgan fingerprint density at radius 2 is 1.67 bits per heavy atom. The third-order valence-corrected chi connectivity index (χ3v) is 4.44. The number of rotatable bonds is 4. The van der Waals surface area contributed by atoms with Crippen LogP contribution < -0.4 is 5.73 Å². The van der Waals surface area contributed by atoms with Gasteiger partial charge in [-0.15, -0.1) is 0 Å². The molecule has 1 atom stereocenters. The van der Waals surface area contributed by atoms with Gasteiger partial charge in [-0.2, -0.15) is 0 Å². The molecule has 2 amide bonds. The van der Waals surface area contributed by atoms with Crippen LogP contribution in [0.25, 0.3) is 0 Å². The van der Waals surface area contributed by atoms with Gasteiger partial charge in [0.1, 0.15) is 5.82 Å². The second-order valence-electron chi connectivity index (χ2n) is 6.07. The number of nitrogens with two attached hydrogens (primary N) is 1. The topological polar surface area (TPSA) is 63.4 Å². The molecule has 1 saturated heterocycles. The Bertz CT molecular complexity index is 741. The van der Waals surface area contributed by atoms with Crippen LogP contribution in [0, 0.1) is 5.82 Å². The summed E-state index contributed by atoms with van der Waals surface area (Å²) in [6, 6.07) is 12.9. The molecule has 2 aromatic rings. The Labute approximate surface area is 140 Å². The minimum Gasteiger partial charge on any atom is -0.366 e. The smallest absolute Gasteiger partial charge is 0.254 e. The van der Waals surface area contributed by atoms with Gasteiger partial charge in [-0.3, -0.25) is 9.59 Å². The van der Waals surface area contributed by atoms with Gasteiger partial charge >= 0.3 is 0 Å². The molecule has 5 heteroatoms. The predicted octanol–water partition coefficient (Wildman–Crippen LogP) is 2.77. The zero-order chi connectivity index (χ0) is 17.1. The summed E-state index contributed by atoms with van der Waals surface area (Å²) in [6.07, 6.45) is 2.60. The first kappa shape index (κ1) is 16.2. The summed E-state index contributed by atoms with van der Waals surface area (Å²) in [7, 11) is 0. The third-order valence-electron chi connectivity index (χ3n) is 4.44. The second kappa shape index (κ2) is 6.83. The van der Waals surface area contributed by atoms with Crippen molar-refractivity contribution in [3.8, 4) is 0 Å². The van der Waals surface area contributed by atoms with Gasteiger partial charge in [-0.25, -0.2) is 4.39 Å². The molecule has 0 spiro atoms. The van der Waals surface area contributed by atoms with E-state index >= 15 is 0 Å². The number of carbonyl (C=O) groups is 2. The van der Waals surface area contributed by atoms with Gasteiger partial charge in [0.25, 0.3) is 5.91 Å². The molecule has 1 heterocycles. The summed E-state index contributed by atoms with van der Waals surface area (Å²) in [5.41, 5.74) is 7.17. The number of primary amides is 1. The Balaban J connectivity index is 1.73. The number of nitrogens with zero attached hydrogens (tertiary/aromatic N) is 1. The van der Waals surface area contributed by atoms with Crippen LogP contribution in [0.1, 0.15) is 39.1 Å². The van der Waals surface area contributed by atoms with Gasteiger partial charge in [0.15, 0.2) is 0 Å². The molecule has 2 aromatic carbocycles. The average Bonchev–Trinajstić information content (AvgIpc) is 3.04. The molecule has 24 heavy (non-hydrogen) atoms. The molecule has 4 nitrogen and oxygen atoms in total. The van der Waals surface area contributed by atoms with Crippen molar-refractivity contribution in [2.75, 3.05) is 6.54 Å². The van der Waals surface area contributed by atoms with Crippen LogP contribution in [0.4, 0.5) is 4.39 Å². The maximum Gasteiger partial charge on any atom is 0.254 e. The number of hydrogen-bond donors (Lipinski definition) is 1. The average molecular weight is 326 g/mol. The molecule has 1 unspecified atom stereocenters. The van der Waals surface area contributed by atoms with Gasteiger partial charge in [-0.1, -0.05) is 12.1 Å². The van der Waals surface area contributed by atoms with Gasteiger partial charge in [0.05, 0.1) is 0 Å². The van der Waals surface area contributed by atoms with E-state index in [0.29, 0.717) is 24.1 Å². The number of amides is 2. The van der Waals surface area contributed by atoms with Crippen LogP contribution in [-0.2, 0) is 6.42 Å². The van der Waals surface area contributed by atoms with E-state index in [4.69, 9.17) is 5.73 Å². The van der Waals surface area contributed by atoms with Gasteiger partial charge in [-0.05, 0) is 61.2 Å². The van der Waals surface area contributed by atoms with Crippen molar-refractivity contribution in [3.05, 3.63) is 71.0 Å². The van der Waals surface area contributed by atoms with Crippen molar-refractivity contribution in [3.63, 3.8) is 0 Å². The minimum atomic E-state index is -0.510. The van der Waals surface area contributed by atoms with Crippen LogP contribution >= 0.6 is 0 Å². The van der Waals surface area contributed by atoms with Crippen LogP contribution in [0.15, 0.2) is 48.5 Å². The summed E-state index contributed by atoms with van der Waals surface area (Å²) < 4.78 is 13.0. The lowest BCUT2D eigenvalue weighted by atomic mass is 10.0. The van der Waals surface area contributed by atoms with Crippen molar-refractivity contribution in [1.82, 2.24) is 4.90 Å². The Kier molecular flexibility index (Phi) is 4.60. The minimum absolute atomic E-state index is 0.0457. The first-order valence-corrected chi connectivity index (χ1v) is 8.00. The monoisotopic (exact) mass is 326 g/mol. The van der Waals surface area contributed by atoms with E-state index in [-0.39, 0.29) is 17.8 Å². The highest BCUT2D eigenvalue weighted by Crippen LogP contribution is 2.23. The summed E-state index contributed by atoms with van der Waals surface area (Å²) in [4.78, 5) is 25.7. The van der Waals surface area contributed by atoms with E-state index in [2.05, 4.69) is 0 Å². The zero-order valence-electron chi connectivity index (χ0n) is 13.2. The molecule has 1 fully saturated rings. The summed E-state index contributed by atoms with van der Waals surface area (Å²) in [6.45, 7) is 0.711. The maximum atomic E-state index is 13.0. The Morgan fingerprint density at radius 3 is 2.29 bits per heavy atom. The lowest BCUT2D eigenvalue weighted by Crippen LogP contribution is -2.36. The Hall–Kier alpha value is -2.69. The Morgan fingerprint density at radius 1 is 1.04 bits per heavy atom. The number of carbonyl (C=O) groups excluding carboxylic acids is 2. The van der Waals surface area contributed by atoms with Crippen molar-refractivity contribution < 1.29 is 14.0 Å². The molecule has 1 aliphatic heterocycles. The fraction of sp³-hybridized carbons (Fsp3) is 0.263. The van der Waals surface area contributed by atoms with Crippen LogP contribution in [0.5, 0.6) is 0 Å². The van der Waals surface area contributed by atoms with Crippen molar-refractivity contribution in [2.45, 2.75) is 25.3 Å². The normalized spacial score (nSPS) is 17.0. The van der Waals surface area contributed by atoms with Crippen molar-refractivity contribution >= 4 is 11.8 Å². The largest absolute Gasteiger partial charge is 0.366 e. The molecule has 1 aliphatic rings. The highest BCUT2D eigenvalue weighted by Gasteiger charge is 2.29.